The number of benzene rings is 3. The van der Waals surface area contributed by atoms with Crippen LogP contribution >= 0.6 is 24.0 Å². The SMILES string of the molecule is Cl.O=[N+]([O-])c1ccc(NCCNCc2cc(Cl)ccc2OCc2ccccc2F)cc1. The maximum Gasteiger partial charge on any atom is 0.269 e. The lowest BCUT2D eigenvalue weighted by atomic mass is 10.2. The van der Waals surface area contributed by atoms with E-state index < -0.39 is 4.92 Å². The van der Waals surface area contributed by atoms with Crippen molar-refractivity contribution in [3.8, 4) is 5.75 Å². The van der Waals surface area contributed by atoms with Crippen LogP contribution in [0.3, 0.4) is 0 Å². The molecule has 6 nitrogen and oxygen atoms in total. The van der Waals surface area contributed by atoms with Gasteiger partial charge in [-0.25, -0.2) is 4.39 Å². The van der Waals surface area contributed by atoms with Crippen molar-refractivity contribution in [3.05, 3.63) is 98.8 Å². The lowest BCUT2D eigenvalue weighted by molar-refractivity contribution is -0.384. The summed E-state index contributed by atoms with van der Waals surface area (Å²) in [6.07, 6.45) is 0. The molecule has 3 rings (SSSR count). The number of halogens is 3. The van der Waals surface area contributed by atoms with Crippen molar-refractivity contribution in [2.24, 2.45) is 0 Å². The Balaban J connectivity index is 0.00000341. The summed E-state index contributed by atoms with van der Waals surface area (Å²) in [6, 6.07) is 18.1. The fourth-order valence-corrected chi connectivity index (χ4v) is 3.01. The third-order valence-electron chi connectivity index (χ3n) is 4.39. The Morgan fingerprint density at radius 2 is 1.74 bits per heavy atom. The molecule has 0 bridgehead atoms. The number of anilines is 1. The van der Waals surface area contributed by atoms with Crippen molar-refractivity contribution < 1.29 is 14.1 Å². The maximum atomic E-state index is 13.8. The standard InChI is InChI=1S/C22H21ClFN3O3.ClH/c23-18-5-10-22(30-15-16-3-1-2-4-21(16)24)17(13-18)14-25-11-12-26-19-6-8-20(9-7-19)27(28)29;/h1-10,13,25-26H,11-12,14-15H2;1H. The molecule has 9 heteroatoms. The molecule has 0 saturated carbocycles. The number of hydrogen-bond acceptors (Lipinski definition) is 5. The fourth-order valence-electron chi connectivity index (χ4n) is 2.82. The highest BCUT2D eigenvalue weighted by atomic mass is 35.5. The summed E-state index contributed by atoms with van der Waals surface area (Å²) >= 11 is 6.11. The molecule has 0 spiro atoms. The van der Waals surface area contributed by atoms with Gasteiger partial charge in [-0.1, -0.05) is 29.8 Å². The van der Waals surface area contributed by atoms with Crippen LogP contribution in [0.15, 0.2) is 66.7 Å². The Bertz CT molecular complexity index is 1000. The van der Waals surface area contributed by atoms with Crippen molar-refractivity contribution in [3.63, 3.8) is 0 Å². The quantitative estimate of drug-likeness (QED) is 0.232. The monoisotopic (exact) mass is 465 g/mol. The van der Waals surface area contributed by atoms with Crippen molar-refractivity contribution in [1.82, 2.24) is 5.32 Å². The second kappa shape index (κ2) is 12.1. The van der Waals surface area contributed by atoms with Gasteiger partial charge in [0, 0.05) is 53.6 Å². The van der Waals surface area contributed by atoms with E-state index in [1.165, 1.54) is 18.2 Å². The molecule has 3 aromatic carbocycles. The summed E-state index contributed by atoms with van der Waals surface area (Å²) in [4.78, 5) is 10.2. The molecule has 0 saturated heterocycles. The molecule has 3 aromatic rings. The van der Waals surface area contributed by atoms with Crippen molar-refractivity contribution >= 4 is 35.4 Å². The molecule has 0 aliphatic rings. The zero-order chi connectivity index (χ0) is 21.3. The van der Waals surface area contributed by atoms with Gasteiger partial charge >= 0.3 is 0 Å². The van der Waals surface area contributed by atoms with E-state index in [2.05, 4.69) is 10.6 Å². The van der Waals surface area contributed by atoms with Crippen LogP contribution in [0.4, 0.5) is 15.8 Å². The molecule has 0 fully saturated rings. The minimum atomic E-state index is -0.428. The smallest absolute Gasteiger partial charge is 0.269 e. The van der Waals surface area contributed by atoms with Gasteiger partial charge in [-0.05, 0) is 36.4 Å². The highest BCUT2D eigenvalue weighted by Gasteiger charge is 2.08. The van der Waals surface area contributed by atoms with Crippen molar-refractivity contribution in [1.29, 1.82) is 0 Å². The number of nitro groups is 1. The predicted molar refractivity (Wildman–Crippen MR) is 123 cm³/mol. The van der Waals surface area contributed by atoms with E-state index in [1.54, 1.807) is 42.5 Å². The van der Waals surface area contributed by atoms with Crippen LogP contribution in [0.5, 0.6) is 5.75 Å². The summed E-state index contributed by atoms with van der Waals surface area (Å²) in [5.74, 6) is 0.335. The van der Waals surface area contributed by atoms with Gasteiger partial charge in [0.1, 0.15) is 18.2 Å². The highest BCUT2D eigenvalue weighted by Crippen LogP contribution is 2.24. The van der Waals surface area contributed by atoms with E-state index in [-0.39, 0.29) is 30.5 Å². The number of hydrogen-bond donors (Lipinski definition) is 2. The van der Waals surface area contributed by atoms with Gasteiger partial charge in [0.05, 0.1) is 4.92 Å². The lowest BCUT2D eigenvalue weighted by Crippen LogP contribution is -2.22. The van der Waals surface area contributed by atoms with Crippen molar-refractivity contribution in [2.75, 3.05) is 18.4 Å². The average molecular weight is 466 g/mol. The lowest BCUT2D eigenvalue weighted by Gasteiger charge is -2.14. The van der Waals surface area contributed by atoms with E-state index >= 15 is 0 Å². The Hall–Kier alpha value is -2.87. The summed E-state index contributed by atoms with van der Waals surface area (Å²) in [5, 5.41) is 17.8. The zero-order valence-electron chi connectivity index (χ0n) is 16.5. The van der Waals surface area contributed by atoms with Gasteiger partial charge in [0.25, 0.3) is 5.69 Å². The van der Waals surface area contributed by atoms with Crippen LogP contribution in [0.25, 0.3) is 0 Å². The maximum absolute atomic E-state index is 13.8. The predicted octanol–water partition coefficient (Wildman–Crippen LogP) is 5.59. The van der Waals surface area contributed by atoms with E-state index in [4.69, 9.17) is 16.3 Å². The van der Waals surface area contributed by atoms with E-state index in [0.29, 0.717) is 36.0 Å². The molecule has 164 valence electrons. The minimum Gasteiger partial charge on any atom is -0.488 e. The fraction of sp³-hybridized carbons (Fsp3) is 0.182. The molecule has 0 aromatic heterocycles. The molecule has 0 atom stereocenters. The summed E-state index contributed by atoms with van der Waals surface area (Å²) < 4.78 is 19.6. The zero-order valence-corrected chi connectivity index (χ0v) is 18.1. The summed E-state index contributed by atoms with van der Waals surface area (Å²) in [7, 11) is 0. The number of non-ortho nitro benzene ring substituents is 1. The van der Waals surface area contributed by atoms with Gasteiger partial charge in [0.15, 0.2) is 0 Å². The highest BCUT2D eigenvalue weighted by molar-refractivity contribution is 6.30. The molecule has 31 heavy (non-hydrogen) atoms. The van der Waals surface area contributed by atoms with Crippen LogP contribution in [0.1, 0.15) is 11.1 Å². The van der Waals surface area contributed by atoms with Crippen LogP contribution in [0, 0.1) is 15.9 Å². The Labute approximate surface area is 190 Å². The first kappa shape index (κ1) is 24.4. The number of rotatable bonds is 10. The van der Waals surface area contributed by atoms with E-state index in [9.17, 15) is 14.5 Å². The second-order valence-corrected chi connectivity index (χ2v) is 6.98. The average Bonchev–Trinajstić information content (AvgIpc) is 2.74. The Kier molecular flexibility index (Phi) is 9.52. The number of nitrogens with one attached hydrogen (secondary N) is 2. The van der Waals surface area contributed by atoms with Crippen LogP contribution in [-0.4, -0.2) is 18.0 Å². The molecule has 2 N–H and O–H groups in total. The minimum absolute atomic E-state index is 0. The molecule has 0 amide bonds. The summed E-state index contributed by atoms with van der Waals surface area (Å²) in [6.45, 7) is 1.93. The molecule has 0 heterocycles. The van der Waals surface area contributed by atoms with Crippen LogP contribution in [-0.2, 0) is 13.2 Å². The molecule has 0 aliphatic heterocycles. The van der Waals surface area contributed by atoms with E-state index in [0.717, 1.165) is 11.3 Å². The molecule has 0 unspecified atom stereocenters. The molecule has 0 aliphatic carbocycles. The molecular formula is C22H22Cl2FN3O3. The number of nitrogens with zero attached hydrogens (tertiary/aromatic N) is 1. The van der Waals surface area contributed by atoms with Gasteiger partial charge in [-0.3, -0.25) is 10.1 Å². The number of nitro benzene ring substituents is 1. The van der Waals surface area contributed by atoms with Gasteiger partial charge in [0.2, 0.25) is 0 Å². The third-order valence-corrected chi connectivity index (χ3v) is 4.62. The topological polar surface area (TPSA) is 76.4 Å². The normalized spacial score (nSPS) is 10.3. The number of ether oxygens (including phenoxy) is 1. The van der Waals surface area contributed by atoms with E-state index in [1.807, 2.05) is 6.07 Å². The Morgan fingerprint density at radius 1 is 1.00 bits per heavy atom. The van der Waals surface area contributed by atoms with Crippen LogP contribution < -0.4 is 15.4 Å². The van der Waals surface area contributed by atoms with Crippen LogP contribution in [0.2, 0.25) is 5.02 Å². The largest absolute Gasteiger partial charge is 0.488 e. The Morgan fingerprint density at radius 3 is 2.45 bits per heavy atom. The first-order valence-corrected chi connectivity index (χ1v) is 9.74. The third kappa shape index (κ3) is 7.40. The molecule has 0 radical (unpaired) electrons. The second-order valence-electron chi connectivity index (χ2n) is 6.54. The first-order chi connectivity index (χ1) is 14.5. The van der Waals surface area contributed by atoms with Gasteiger partial charge < -0.3 is 15.4 Å². The summed E-state index contributed by atoms with van der Waals surface area (Å²) in [5.41, 5.74) is 2.22. The first-order valence-electron chi connectivity index (χ1n) is 9.36. The molecular weight excluding hydrogens is 444 g/mol. The van der Waals surface area contributed by atoms with Gasteiger partial charge in [-0.2, -0.15) is 0 Å². The van der Waals surface area contributed by atoms with Gasteiger partial charge in [-0.15, -0.1) is 12.4 Å². The van der Waals surface area contributed by atoms with Crippen molar-refractivity contribution in [2.45, 2.75) is 13.2 Å².